The number of carbonyl (C=O) groups excluding carboxylic acids is 1. The highest BCUT2D eigenvalue weighted by Crippen LogP contribution is 2.58. The van der Waals surface area contributed by atoms with Crippen LogP contribution in [-0.4, -0.2) is 17.2 Å². The first-order valence-corrected chi connectivity index (χ1v) is 8.38. The average molecular weight is 318 g/mol. The standard InChI is InChI=1S/C19H26O4/c1-10(2)18(21)23-14-7-6-12(4)19(5)13(14)8-15-16(17(19)20)11(3)9-22-15/h9,12-14,17,20H,1,6-8H2,2-5H3/t12-,13-,14+,17+,19+/m0/s1. The molecule has 1 aromatic heterocycles. The summed E-state index contributed by atoms with van der Waals surface area (Å²) >= 11 is 0. The van der Waals surface area contributed by atoms with Crippen molar-refractivity contribution in [3.05, 3.63) is 35.3 Å². The lowest BCUT2D eigenvalue weighted by Gasteiger charge is -2.54. The van der Waals surface area contributed by atoms with E-state index in [4.69, 9.17) is 9.15 Å². The molecule has 1 heterocycles. The number of rotatable bonds is 2. The van der Waals surface area contributed by atoms with Crippen LogP contribution in [0.5, 0.6) is 0 Å². The van der Waals surface area contributed by atoms with E-state index in [1.165, 1.54) is 0 Å². The largest absolute Gasteiger partial charge is 0.469 e. The maximum absolute atomic E-state index is 12.0. The lowest BCUT2D eigenvalue weighted by Crippen LogP contribution is -2.53. The van der Waals surface area contributed by atoms with Gasteiger partial charge in [-0.25, -0.2) is 4.79 Å². The topological polar surface area (TPSA) is 59.7 Å². The maximum atomic E-state index is 12.0. The molecule has 1 aromatic rings. The Morgan fingerprint density at radius 1 is 1.48 bits per heavy atom. The molecule has 1 fully saturated rings. The van der Waals surface area contributed by atoms with Gasteiger partial charge in [0.1, 0.15) is 11.9 Å². The van der Waals surface area contributed by atoms with Gasteiger partial charge < -0.3 is 14.3 Å². The predicted octanol–water partition coefficient (Wildman–Crippen LogP) is 3.72. The van der Waals surface area contributed by atoms with Gasteiger partial charge in [0, 0.05) is 28.9 Å². The van der Waals surface area contributed by atoms with Crippen molar-refractivity contribution in [2.75, 3.05) is 0 Å². The molecule has 4 nitrogen and oxygen atoms in total. The molecule has 0 radical (unpaired) electrons. The highest BCUT2D eigenvalue weighted by molar-refractivity contribution is 5.87. The third-order valence-electron chi connectivity index (χ3n) is 6.17. The van der Waals surface area contributed by atoms with Crippen molar-refractivity contribution in [2.24, 2.45) is 17.3 Å². The van der Waals surface area contributed by atoms with E-state index in [1.807, 2.05) is 6.92 Å². The van der Waals surface area contributed by atoms with Gasteiger partial charge in [-0.1, -0.05) is 20.4 Å². The summed E-state index contributed by atoms with van der Waals surface area (Å²) in [7, 11) is 0. The van der Waals surface area contributed by atoms with Gasteiger partial charge in [0.2, 0.25) is 0 Å². The highest BCUT2D eigenvalue weighted by atomic mass is 16.5. The number of furan rings is 1. The van der Waals surface area contributed by atoms with Crippen LogP contribution in [0.25, 0.3) is 0 Å². The van der Waals surface area contributed by atoms with Crippen LogP contribution in [0.2, 0.25) is 0 Å². The number of carbonyl (C=O) groups is 1. The molecule has 1 N–H and O–H groups in total. The molecule has 5 atom stereocenters. The first kappa shape index (κ1) is 16.3. The Kier molecular flexibility index (Phi) is 3.91. The van der Waals surface area contributed by atoms with Crippen molar-refractivity contribution in [2.45, 2.75) is 59.2 Å². The predicted molar refractivity (Wildman–Crippen MR) is 86.8 cm³/mol. The molecule has 0 unspecified atom stereocenters. The molecule has 4 heteroatoms. The number of ether oxygens (including phenoxy) is 1. The number of hydrogen-bond donors (Lipinski definition) is 1. The second kappa shape index (κ2) is 5.52. The molecule has 0 spiro atoms. The van der Waals surface area contributed by atoms with Crippen LogP contribution < -0.4 is 0 Å². The highest BCUT2D eigenvalue weighted by Gasteiger charge is 2.56. The van der Waals surface area contributed by atoms with Crippen molar-refractivity contribution < 1.29 is 19.1 Å². The van der Waals surface area contributed by atoms with Gasteiger partial charge >= 0.3 is 5.97 Å². The van der Waals surface area contributed by atoms with Crippen molar-refractivity contribution in [3.8, 4) is 0 Å². The van der Waals surface area contributed by atoms with Crippen LogP contribution in [0.15, 0.2) is 22.8 Å². The van der Waals surface area contributed by atoms with Crippen LogP contribution in [0.1, 0.15) is 56.6 Å². The van der Waals surface area contributed by atoms with Gasteiger partial charge in [-0.15, -0.1) is 0 Å². The zero-order valence-electron chi connectivity index (χ0n) is 14.4. The molecule has 2 aliphatic carbocycles. The lowest BCUT2D eigenvalue weighted by atomic mass is 9.53. The van der Waals surface area contributed by atoms with Gasteiger partial charge in [-0.3, -0.25) is 0 Å². The van der Waals surface area contributed by atoms with E-state index >= 15 is 0 Å². The molecule has 2 aliphatic rings. The minimum atomic E-state index is -0.587. The van der Waals surface area contributed by atoms with Gasteiger partial charge in [0.25, 0.3) is 0 Å². The van der Waals surface area contributed by atoms with Crippen molar-refractivity contribution in [3.63, 3.8) is 0 Å². The van der Waals surface area contributed by atoms with Crippen LogP contribution in [0.4, 0.5) is 0 Å². The number of fused-ring (bicyclic) bond motifs is 2. The smallest absolute Gasteiger partial charge is 0.333 e. The zero-order valence-corrected chi connectivity index (χ0v) is 14.4. The summed E-state index contributed by atoms with van der Waals surface area (Å²) in [6, 6.07) is 0. The van der Waals surface area contributed by atoms with E-state index in [0.29, 0.717) is 17.9 Å². The van der Waals surface area contributed by atoms with Gasteiger partial charge in [-0.2, -0.15) is 0 Å². The third-order valence-corrected chi connectivity index (χ3v) is 6.17. The maximum Gasteiger partial charge on any atom is 0.333 e. The lowest BCUT2D eigenvalue weighted by molar-refractivity contribution is -0.170. The fourth-order valence-corrected chi connectivity index (χ4v) is 4.44. The number of aliphatic hydroxyl groups excluding tert-OH is 1. The molecule has 23 heavy (non-hydrogen) atoms. The SMILES string of the molecule is C=C(C)C(=O)O[C@@H]1CC[C@H](C)[C@@]2(C)[C@H](O)c3c(C)coc3C[C@@H]12. The Morgan fingerprint density at radius 3 is 2.83 bits per heavy atom. The van der Waals surface area contributed by atoms with Gasteiger partial charge in [0.15, 0.2) is 0 Å². The quantitative estimate of drug-likeness (QED) is 0.667. The van der Waals surface area contributed by atoms with E-state index < -0.39 is 6.10 Å². The van der Waals surface area contributed by atoms with E-state index in [0.717, 1.165) is 29.7 Å². The van der Waals surface area contributed by atoms with Crippen molar-refractivity contribution >= 4 is 5.97 Å². The fraction of sp³-hybridized carbons (Fsp3) is 0.632. The fourth-order valence-electron chi connectivity index (χ4n) is 4.44. The van der Waals surface area contributed by atoms with E-state index in [2.05, 4.69) is 20.4 Å². The molecule has 0 aliphatic heterocycles. The zero-order chi connectivity index (χ0) is 16.9. The first-order valence-electron chi connectivity index (χ1n) is 8.38. The normalized spacial score (nSPS) is 36.0. The summed E-state index contributed by atoms with van der Waals surface area (Å²) in [5, 5.41) is 11.1. The molecule has 0 amide bonds. The monoisotopic (exact) mass is 318 g/mol. The van der Waals surface area contributed by atoms with Crippen LogP contribution in [0.3, 0.4) is 0 Å². The summed E-state index contributed by atoms with van der Waals surface area (Å²) < 4.78 is 11.4. The molecule has 0 aromatic carbocycles. The Hall–Kier alpha value is -1.55. The number of aliphatic hydroxyl groups is 1. The van der Waals surface area contributed by atoms with Crippen LogP contribution in [-0.2, 0) is 16.0 Å². The van der Waals surface area contributed by atoms with Gasteiger partial charge in [0.05, 0.1) is 12.4 Å². The molecule has 1 saturated carbocycles. The Labute approximate surface area is 137 Å². The average Bonchev–Trinajstić information content (AvgIpc) is 2.86. The Morgan fingerprint density at radius 2 is 2.17 bits per heavy atom. The molecular weight excluding hydrogens is 292 g/mol. The Bertz CT molecular complexity index is 644. The van der Waals surface area contributed by atoms with E-state index in [9.17, 15) is 9.90 Å². The van der Waals surface area contributed by atoms with E-state index in [1.54, 1.807) is 13.2 Å². The summed E-state index contributed by atoms with van der Waals surface area (Å²) in [5.74, 6) is 0.901. The summed E-state index contributed by atoms with van der Waals surface area (Å²) in [4.78, 5) is 12.0. The number of aryl methyl sites for hydroxylation is 1. The van der Waals surface area contributed by atoms with Crippen LogP contribution in [0, 0.1) is 24.2 Å². The van der Waals surface area contributed by atoms with Crippen molar-refractivity contribution in [1.29, 1.82) is 0 Å². The Balaban J connectivity index is 1.99. The van der Waals surface area contributed by atoms with Crippen LogP contribution >= 0.6 is 0 Å². The molecule has 126 valence electrons. The summed E-state index contributed by atoms with van der Waals surface area (Å²) in [6.45, 7) is 11.6. The second-order valence-corrected chi connectivity index (χ2v) is 7.54. The minimum Gasteiger partial charge on any atom is -0.469 e. The van der Waals surface area contributed by atoms with Crippen molar-refractivity contribution in [1.82, 2.24) is 0 Å². The molecule has 3 rings (SSSR count). The third kappa shape index (κ3) is 2.35. The first-order chi connectivity index (χ1) is 10.8. The van der Waals surface area contributed by atoms with E-state index in [-0.39, 0.29) is 23.4 Å². The summed E-state index contributed by atoms with van der Waals surface area (Å²) in [5.41, 5.74) is 2.03. The number of esters is 1. The molecular formula is C19H26O4. The van der Waals surface area contributed by atoms with Gasteiger partial charge in [-0.05, 0) is 38.2 Å². The molecule has 0 bridgehead atoms. The summed E-state index contributed by atoms with van der Waals surface area (Å²) in [6.07, 6.45) is 3.39. The second-order valence-electron chi connectivity index (χ2n) is 7.54. The minimum absolute atomic E-state index is 0.0580. The molecule has 0 saturated heterocycles. The number of hydrogen-bond acceptors (Lipinski definition) is 4.